The molecule has 0 aliphatic rings. The molecule has 3 aromatic carbocycles. The van der Waals surface area contributed by atoms with Crippen molar-refractivity contribution in [3.8, 4) is 16.9 Å². The van der Waals surface area contributed by atoms with Crippen LogP contribution in [0.3, 0.4) is 0 Å². The van der Waals surface area contributed by atoms with E-state index >= 15 is 0 Å². The minimum atomic E-state index is -0.839. The van der Waals surface area contributed by atoms with Gasteiger partial charge in [0.1, 0.15) is 12.4 Å². The lowest BCUT2D eigenvalue weighted by Gasteiger charge is -2.14. The predicted octanol–water partition coefficient (Wildman–Crippen LogP) is 5.18. The van der Waals surface area contributed by atoms with E-state index in [1.54, 1.807) is 0 Å². The number of ether oxygens (including phenoxy) is 1. The standard InChI is InChI=1S/C23H22O3/c1-16-10-17(2)12-20(11-16)21-13-19(14-23(24)25)8-9-22(21)26-15-18-6-4-3-5-7-18/h3-13H,14-15H2,1-2H3,(H,24,25). The van der Waals surface area contributed by atoms with Gasteiger partial charge in [0, 0.05) is 5.56 Å². The van der Waals surface area contributed by atoms with Gasteiger partial charge in [0.2, 0.25) is 0 Å². The van der Waals surface area contributed by atoms with Crippen molar-refractivity contribution in [3.63, 3.8) is 0 Å². The topological polar surface area (TPSA) is 46.5 Å². The van der Waals surface area contributed by atoms with Crippen LogP contribution in [0.5, 0.6) is 5.75 Å². The number of aryl methyl sites for hydroxylation is 2. The highest BCUT2D eigenvalue weighted by molar-refractivity contribution is 5.75. The van der Waals surface area contributed by atoms with Crippen LogP contribution in [-0.2, 0) is 17.8 Å². The summed E-state index contributed by atoms with van der Waals surface area (Å²) in [6, 6.07) is 21.9. The molecule has 1 N–H and O–H groups in total. The molecule has 0 saturated heterocycles. The van der Waals surface area contributed by atoms with Gasteiger partial charge in [-0.15, -0.1) is 0 Å². The Kier molecular flexibility index (Phi) is 5.37. The van der Waals surface area contributed by atoms with Crippen molar-refractivity contribution < 1.29 is 14.6 Å². The van der Waals surface area contributed by atoms with Crippen LogP contribution in [-0.4, -0.2) is 11.1 Å². The second-order valence-corrected chi connectivity index (χ2v) is 6.55. The molecule has 0 aliphatic carbocycles. The number of benzene rings is 3. The maximum Gasteiger partial charge on any atom is 0.307 e. The minimum Gasteiger partial charge on any atom is -0.488 e. The van der Waals surface area contributed by atoms with E-state index in [2.05, 4.69) is 32.0 Å². The molecule has 0 heterocycles. The molecule has 3 heteroatoms. The van der Waals surface area contributed by atoms with Crippen LogP contribution in [0.25, 0.3) is 11.1 Å². The SMILES string of the molecule is Cc1cc(C)cc(-c2cc(CC(=O)O)ccc2OCc2ccccc2)c1. The molecule has 132 valence electrons. The zero-order valence-corrected chi connectivity index (χ0v) is 15.0. The van der Waals surface area contributed by atoms with Crippen molar-refractivity contribution in [1.29, 1.82) is 0 Å². The molecule has 26 heavy (non-hydrogen) atoms. The summed E-state index contributed by atoms with van der Waals surface area (Å²) in [5, 5.41) is 9.11. The number of hydrogen-bond donors (Lipinski definition) is 1. The summed E-state index contributed by atoms with van der Waals surface area (Å²) in [6.45, 7) is 4.58. The van der Waals surface area contributed by atoms with Crippen LogP contribution < -0.4 is 4.74 Å². The number of carboxylic acid groups (broad SMARTS) is 1. The minimum absolute atomic E-state index is 0.00321. The van der Waals surface area contributed by atoms with Gasteiger partial charge in [0.25, 0.3) is 0 Å². The van der Waals surface area contributed by atoms with E-state index in [1.807, 2.05) is 48.5 Å². The predicted molar refractivity (Wildman–Crippen MR) is 103 cm³/mol. The van der Waals surface area contributed by atoms with Crippen molar-refractivity contribution in [2.45, 2.75) is 26.9 Å². The van der Waals surface area contributed by atoms with Gasteiger partial charge in [-0.1, -0.05) is 65.7 Å². The molecule has 3 nitrogen and oxygen atoms in total. The molecule has 3 rings (SSSR count). The van der Waals surface area contributed by atoms with Crippen LogP contribution in [0.1, 0.15) is 22.3 Å². The molecule has 0 bridgehead atoms. The molecule has 0 fully saturated rings. The van der Waals surface area contributed by atoms with Crippen molar-refractivity contribution >= 4 is 5.97 Å². The summed E-state index contributed by atoms with van der Waals surface area (Å²) in [6.07, 6.45) is -0.00321. The summed E-state index contributed by atoms with van der Waals surface area (Å²) in [7, 11) is 0. The van der Waals surface area contributed by atoms with E-state index in [1.165, 1.54) is 0 Å². The lowest BCUT2D eigenvalue weighted by molar-refractivity contribution is -0.136. The number of aliphatic carboxylic acids is 1. The number of rotatable bonds is 6. The number of hydrogen-bond acceptors (Lipinski definition) is 2. The van der Waals surface area contributed by atoms with Crippen LogP contribution in [0.4, 0.5) is 0 Å². The fourth-order valence-electron chi connectivity index (χ4n) is 3.08. The summed E-state index contributed by atoms with van der Waals surface area (Å²) < 4.78 is 6.07. The zero-order valence-electron chi connectivity index (χ0n) is 15.0. The van der Waals surface area contributed by atoms with E-state index in [9.17, 15) is 4.79 Å². The van der Waals surface area contributed by atoms with Crippen LogP contribution >= 0.6 is 0 Å². The zero-order chi connectivity index (χ0) is 18.5. The van der Waals surface area contributed by atoms with Crippen LogP contribution in [0.2, 0.25) is 0 Å². The first-order valence-corrected chi connectivity index (χ1v) is 8.61. The van der Waals surface area contributed by atoms with Gasteiger partial charge >= 0.3 is 5.97 Å². The van der Waals surface area contributed by atoms with Gasteiger partial charge < -0.3 is 9.84 Å². The largest absolute Gasteiger partial charge is 0.488 e. The molecule has 3 aromatic rings. The highest BCUT2D eigenvalue weighted by Crippen LogP contribution is 2.33. The Morgan fingerprint density at radius 1 is 0.885 bits per heavy atom. The van der Waals surface area contributed by atoms with E-state index in [4.69, 9.17) is 9.84 Å². The molecule has 0 aromatic heterocycles. The Balaban J connectivity index is 1.98. The Bertz CT molecular complexity index is 894. The first-order chi connectivity index (χ1) is 12.5. The van der Waals surface area contributed by atoms with Crippen LogP contribution in [0, 0.1) is 13.8 Å². The van der Waals surface area contributed by atoms with E-state index in [-0.39, 0.29) is 6.42 Å². The monoisotopic (exact) mass is 346 g/mol. The number of carbonyl (C=O) groups is 1. The summed E-state index contributed by atoms with van der Waals surface area (Å²) in [5.41, 5.74) is 6.15. The molecular formula is C23H22O3. The summed E-state index contributed by atoms with van der Waals surface area (Å²) >= 11 is 0. The van der Waals surface area contributed by atoms with E-state index in [0.29, 0.717) is 6.61 Å². The lowest BCUT2D eigenvalue weighted by atomic mass is 9.97. The highest BCUT2D eigenvalue weighted by atomic mass is 16.5. The van der Waals surface area contributed by atoms with Gasteiger partial charge in [0.15, 0.2) is 0 Å². The van der Waals surface area contributed by atoms with E-state index in [0.717, 1.165) is 39.1 Å². The van der Waals surface area contributed by atoms with Crippen molar-refractivity contribution in [2.24, 2.45) is 0 Å². The second-order valence-electron chi connectivity index (χ2n) is 6.55. The molecule has 0 radical (unpaired) electrons. The first-order valence-electron chi connectivity index (χ1n) is 8.61. The van der Waals surface area contributed by atoms with Crippen LogP contribution in [0.15, 0.2) is 66.7 Å². The maximum absolute atomic E-state index is 11.1. The van der Waals surface area contributed by atoms with Gasteiger partial charge in [-0.2, -0.15) is 0 Å². The van der Waals surface area contributed by atoms with E-state index < -0.39 is 5.97 Å². The quantitative estimate of drug-likeness (QED) is 0.669. The second kappa shape index (κ2) is 7.87. The summed E-state index contributed by atoms with van der Waals surface area (Å²) in [5.74, 6) is -0.0812. The van der Waals surface area contributed by atoms with Crippen molar-refractivity contribution in [1.82, 2.24) is 0 Å². The third-order valence-electron chi connectivity index (χ3n) is 4.17. The molecule has 0 saturated carbocycles. The molecule has 0 aliphatic heterocycles. The van der Waals surface area contributed by atoms with Crippen molar-refractivity contribution in [3.05, 3.63) is 89.0 Å². The third-order valence-corrected chi connectivity index (χ3v) is 4.17. The lowest BCUT2D eigenvalue weighted by Crippen LogP contribution is -2.02. The Morgan fingerprint density at radius 3 is 2.23 bits per heavy atom. The van der Waals surface area contributed by atoms with Gasteiger partial charge in [0.05, 0.1) is 6.42 Å². The third kappa shape index (κ3) is 4.51. The average Bonchev–Trinajstić information content (AvgIpc) is 2.60. The average molecular weight is 346 g/mol. The normalized spacial score (nSPS) is 10.5. The van der Waals surface area contributed by atoms with Gasteiger partial charge in [-0.25, -0.2) is 0 Å². The molecule has 0 unspecified atom stereocenters. The first kappa shape index (κ1) is 17.7. The molecule has 0 spiro atoms. The molecule has 0 amide bonds. The fraction of sp³-hybridized carbons (Fsp3) is 0.174. The smallest absolute Gasteiger partial charge is 0.307 e. The Morgan fingerprint density at radius 2 is 1.58 bits per heavy atom. The highest BCUT2D eigenvalue weighted by Gasteiger charge is 2.11. The maximum atomic E-state index is 11.1. The Hall–Kier alpha value is -3.07. The Labute approximate surface area is 153 Å². The number of carboxylic acids is 1. The van der Waals surface area contributed by atoms with Crippen molar-refractivity contribution in [2.75, 3.05) is 0 Å². The fourth-order valence-corrected chi connectivity index (χ4v) is 3.08. The summed E-state index contributed by atoms with van der Waals surface area (Å²) in [4.78, 5) is 11.1. The molecular weight excluding hydrogens is 324 g/mol. The molecule has 0 atom stereocenters. The van der Waals surface area contributed by atoms with Gasteiger partial charge in [-0.3, -0.25) is 4.79 Å². The van der Waals surface area contributed by atoms with Gasteiger partial charge in [-0.05, 0) is 42.7 Å².